The van der Waals surface area contributed by atoms with E-state index in [0.29, 0.717) is 18.2 Å². The van der Waals surface area contributed by atoms with E-state index in [9.17, 15) is 4.79 Å². The van der Waals surface area contributed by atoms with E-state index in [0.717, 1.165) is 39.1 Å². The number of carbonyl (C=O) groups excluding carboxylic acids is 1. The minimum atomic E-state index is 0.304. The van der Waals surface area contributed by atoms with Crippen LogP contribution in [0.1, 0.15) is 44.2 Å². The molecule has 1 amide bonds. The molecule has 116 valence electrons. The SMILES string of the molecule is CCN1CCN(C(=O)CCc2ccc(C(C)C)cc2)CC1. The predicted molar refractivity (Wildman–Crippen MR) is 87.5 cm³/mol. The van der Waals surface area contributed by atoms with Gasteiger partial charge in [-0.3, -0.25) is 4.79 Å². The molecule has 0 aliphatic carbocycles. The second kappa shape index (κ2) is 7.60. The molecule has 1 aromatic rings. The Labute approximate surface area is 128 Å². The number of hydrogen-bond donors (Lipinski definition) is 0. The third-order valence-corrected chi connectivity index (χ3v) is 4.45. The molecule has 3 heteroatoms. The third kappa shape index (κ3) is 4.57. The molecule has 1 saturated heterocycles. The van der Waals surface area contributed by atoms with Crippen molar-refractivity contribution in [2.45, 2.75) is 39.5 Å². The quantitative estimate of drug-likeness (QED) is 0.832. The number of piperazine rings is 1. The average molecular weight is 288 g/mol. The molecule has 3 nitrogen and oxygen atoms in total. The van der Waals surface area contributed by atoms with E-state index in [2.05, 4.69) is 49.9 Å². The lowest BCUT2D eigenvalue weighted by Crippen LogP contribution is -2.48. The van der Waals surface area contributed by atoms with Gasteiger partial charge in [-0.05, 0) is 30.0 Å². The number of nitrogens with zero attached hydrogens (tertiary/aromatic N) is 2. The molecule has 1 fully saturated rings. The Balaban J connectivity index is 1.78. The highest BCUT2D eigenvalue weighted by Crippen LogP contribution is 2.16. The largest absolute Gasteiger partial charge is 0.340 e. The molecule has 0 radical (unpaired) electrons. The second-order valence-corrected chi connectivity index (χ2v) is 6.21. The van der Waals surface area contributed by atoms with Crippen molar-refractivity contribution in [2.24, 2.45) is 0 Å². The van der Waals surface area contributed by atoms with E-state index in [1.165, 1.54) is 11.1 Å². The summed E-state index contributed by atoms with van der Waals surface area (Å²) in [5.74, 6) is 0.870. The zero-order valence-corrected chi connectivity index (χ0v) is 13.6. The van der Waals surface area contributed by atoms with Crippen LogP contribution in [-0.4, -0.2) is 48.4 Å². The molecule has 0 atom stereocenters. The molecular weight excluding hydrogens is 260 g/mol. The Bertz CT molecular complexity index is 445. The maximum absolute atomic E-state index is 12.2. The molecule has 1 heterocycles. The van der Waals surface area contributed by atoms with Crippen LogP contribution in [0.3, 0.4) is 0 Å². The second-order valence-electron chi connectivity index (χ2n) is 6.21. The first kappa shape index (κ1) is 16.0. The third-order valence-electron chi connectivity index (χ3n) is 4.45. The van der Waals surface area contributed by atoms with E-state index < -0.39 is 0 Å². The van der Waals surface area contributed by atoms with Crippen molar-refractivity contribution in [1.29, 1.82) is 0 Å². The number of rotatable bonds is 5. The molecule has 2 rings (SSSR count). The standard InChI is InChI=1S/C18H28N2O/c1-4-19-11-13-20(14-12-19)18(21)10-7-16-5-8-17(9-6-16)15(2)3/h5-6,8-9,15H,4,7,10-14H2,1-3H3. The number of amides is 1. The van der Waals surface area contributed by atoms with Gasteiger partial charge in [0.25, 0.3) is 0 Å². The molecule has 0 saturated carbocycles. The van der Waals surface area contributed by atoms with Crippen molar-refractivity contribution in [2.75, 3.05) is 32.7 Å². The van der Waals surface area contributed by atoms with Gasteiger partial charge in [0, 0.05) is 32.6 Å². The summed E-state index contributed by atoms with van der Waals surface area (Å²) in [5, 5.41) is 0. The Morgan fingerprint density at radius 1 is 1.10 bits per heavy atom. The maximum atomic E-state index is 12.2. The van der Waals surface area contributed by atoms with Crippen molar-refractivity contribution in [3.05, 3.63) is 35.4 Å². The summed E-state index contributed by atoms with van der Waals surface area (Å²) in [4.78, 5) is 16.7. The van der Waals surface area contributed by atoms with Crippen LogP contribution in [0.15, 0.2) is 24.3 Å². The molecule has 21 heavy (non-hydrogen) atoms. The lowest BCUT2D eigenvalue weighted by Gasteiger charge is -2.34. The predicted octanol–water partition coefficient (Wildman–Crippen LogP) is 2.91. The van der Waals surface area contributed by atoms with Crippen molar-refractivity contribution in [3.8, 4) is 0 Å². The van der Waals surface area contributed by atoms with Crippen LogP contribution in [0, 0.1) is 0 Å². The highest BCUT2D eigenvalue weighted by molar-refractivity contribution is 5.76. The molecule has 1 aliphatic rings. The fourth-order valence-electron chi connectivity index (χ4n) is 2.79. The van der Waals surface area contributed by atoms with Gasteiger partial charge in [0.1, 0.15) is 0 Å². The van der Waals surface area contributed by atoms with Crippen molar-refractivity contribution < 1.29 is 4.79 Å². The smallest absolute Gasteiger partial charge is 0.222 e. The van der Waals surface area contributed by atoms with Gasteiger partial charge in [0.2, 0.25) is 5.91 Å². The summed E-state index contributed by atoms with van der Waals surface area (Å²) < 4.78 is 0. The first-order chi connectivity index (χ1) is 10.1. The van der Waals surface area contributed by atoms with Crippen molar-refractivity contribution in [3.63, 3.8) is 0 Å². The van der Waals surface area contributed by atoms with Gasteiger partial charge in [-0.25, -0.2) is 0 Å². The first-order valence-electron chi connectivity index (χ1n) is 8.19. The fourth-order valence-corrected chi connectivity index (χ4v) is 2.79. The summed E-state index contributed by atoms with van der Waals surface area (Å²) in [6.45, 7) is 11.5. The van der Waals surface area contributed by atoms with E-state index in [-0.39, 0.29) is 0 Å². The Morgan fingerprint density at radius 2 is 1.71 bits per heavy atom. The Hall–Kier alpha value is -1.35. The van der Waals surface area contributed by atoms with Crippen molar-refractivity contribution >= 4 is 5.91 Å². The molecule has 0 N–H and O–H groups in total. The summed E-state index contributed by atoms with van der Waals surface area (Å²) in [5.41, 5.74) is 2.63. The number of hydrogen-bond acceptors (Lipinski definition) is 2. The van der Waals surface area contributed by atoms with E-state index in [1.54, 1.807) is 0 Å². The Kier molecular flexibility index (Phi) is 5.80. The van der Waals surface area contributed by atoms with Gasteiger partial charge < -0.3 is 9.80 Å². The van der Waals surface area contributed by atoms with Gasteiger partial charge in [-0.15, -0.1) is 0 Å². The minimum Gasteiger partial charge on any atom is -0.340 e. The van der Waals surface area contributed by atoms with Gasteiger partial charge in [0.15, 0.2) is 0 Å². The van der Waals surface area contributed by atoms with Crippen molar-refractivity contribution in [1.82, 2.24) is 9.80 Å². The van der Waals surface area contributed by atoms with E-state index in [4.69, 9.17) is 0 Å². The highest BCUT2D eigenvalue weighted by Gasteiger charge is 2.19. The van der Waals surface area contributed by atoms with Crippen LogP contribution in [0.25, 0.3) is 0 Å². The maximum Gasteiger partial charge on any atom is 0.222 e. The molecule has 0 spiro atoms. The molecule has 1 aromatic carbocycles. The zero-order valence-electron chi connectivity index (χ0n) is 13.6. The normalized spacial score (nSPS) is 16.5. The summed E-state index contributed by atoms with van der Waals surface area (Å²) in [6.07, 6.45) is 1.48. The summed E-state index contributed by atoms with van der Waals surface area (Å²) >= 11 is 0. The van der Waals surface area contributed by atoms with Gasteiger partial charge in [0.05, 0.1) is 0 Å². The molecular formula is C18H28N2O. The van der Waals surface area contributed by atoms with E-state index in [1.807, 2.05) is 4.90 Å². The topological polar surface area (TPSA) is 23.6 Å². The molecule has 0 unspecified atom stereocenters. The summed E-state index contributed by atoms with van der Waals surface area (Å²) in [6, 6.07) is 8.70. The number of carbonyl (C=O) groups is 1. The van der Waals surface area contributed by atoms with Gasteiger partial charge in [-0.2, -0.15) is 0 Å². The first-order valence-corrected chi connectivity index (χ1v) is 8.19. The van der Waals surface area contributed by atoms with Crippen LogP contribution < -0.4 is 0 Å². The monoisotopic (exact) mass is 288 g/mol. The van der Waals surface area contributed by atoms with Crippen LogP contribution >= 0.6 is 0 Å². The number of aryl methyl sites for hydroxylation is 1. The molecule has 1 aliphatic heterocycles. The van der Waals surface area contributed by atoms with Crippen LogP contribution in [0.4, 0.5) is 0 Å². The van der Waals surface area contributed by atoms with Crippen LogP contribution in [0.2, 0.25) is 0 Å². The van der Waals surface area contributed by atoms with Gasteiger partial charge >= 0.3 is 0 Å². The molecule has 0 bridgehead atoms. The average Bonchev–Trinajstić information content (AvgIpc) is 2.53. The van der Waals surface area contributed by atoms with E-state index >= 15 is 0 Å². The van der Waals surface area contributed by atoms with Crippen LogP contribution in [-0.2, 0) is 11.2 Å². The Morgan fingerprint density at radius 3 is 2.24 bits per heavy atom. The highest BCUT2D eigenvalue weighted by atomic mass is 16.2. The number of likely N-dealkylation sites (N-methyl/N-ethyl adjacent to an activating group) is 1. The molecule has 0 aromatic heterocycles. The fraction of sp³-hybridized carbons (Fsp3) is 0.611. The number of benzene rings is 1. The summed E-state index contributed by atoms with van der Waals surface area (Å²) in [7, 11) is 0. The minimum absolute atomic E-state index is 0.304. The lowest BCUT2D eigenvalue weighted by atomic mass is 10.00. The van der Waals surface area contributed by atoms with Crippen LogP contribution in [0.5, 0.6) is 0 Å². The van der Waals surface area contributed by atoms with Gasteiger partial charge in [-0.1, -0.05) is 45.0 Å². The zero-order chi connectivity index (χ0) is 15.2. The lowest BCUT2D eigenvalue weighted by molar-refractivity contribution is -0.132.